The molecule has 0 bridgehead atoms. The summed E-state index contributed by atoms with van der Waals surface area (Å²) in [6.45, 7) is 7.32. The van der Waals surface area contributed by atoms with E-state index in [0.29, 0.717) is 0 Å². The minimum Gasteiger partial charge on any atom is -0.316 e. The van der Waals surface area contributed by atoms with Crippen molar-refractivity contribution in [3.8, 4) is 0 Å². The summed E-state index contributed by atoms with van der Waals surface area (Å²) < 4.78 is 1.93. The molecule has 1 heterocycles. The Morgan fingerprint density at radius 1 is 1.31 bits per heavy atom. The standard InChI is InChI=1S/C12H22N4/c1-3-9-13-10-7-5-6-8-12-14-11-15-16(12)4-2/h5-6,11,13H,3-4,7-10H2,1-2H3. The van der Waals surface area contributed by atoms with Crippen LogP contribution in [-0.4, -0.2) is 27.9 Å². The lowest BCUT2D eigenvalue weighted by atomic mass is 10.3. The Kier molecular flexibility index (Phi) is 6.49. The summed E-state index contributed by atoms with van der Waals surface area (Å²) in [4.78, 5) is 4.22. The molecule has 0 amide bonds. The van der Waals surface area contributed by atoms with Crippen LogP contribution in [0.3, 0.4) is 0 Å². The second-order valence-electron chi connectivity index (χ2n) is 3.71. The number of hydrogen-bond donors (Lipinski definition) is 1. The molecule has 1 aromatic heterocycles. The number of hydrogen-bond acceptors (Lipinski definition) is 3. The Hall–Kier alpha value is -1.16. The third-order valence-electron chi connectivity index (χ3n) is 2.38. The van der Waals surface area contributed by atoms with Gasteiger partial charge in [-0.2, -0.15) is 5.10 Å². The highest BCUT2D eigenvalue weighted by molar-refractivity contribution is 4.95. The van der Waals surface area contributed by atoms with E-state index in [2.05, 4.69) is 41.4 Å². The van der Waals surface area contributed by atoms with Gasteiger partial charge < -0.3 is 5.32 Å². The van der Waals surface area contributed by atoms with Gasteiger partial charge in [-0.15, -0.1) is 0 Å². The molecular weight excluding hydrogens is 200 g/mol. The van der Waals surface area contributed by atoms with E-state index < -0.39 is 0 Å². The van der Waals surface area contributed by atoms with Crippen molar-refractivity contribution in [2.75, 3.05) is 13.1 Å². The molecule has 4 heteroatoms. The molecule has 1 aromatic rings. The average Bonchev–Trinajstić information content (AvgIpc) is 2.75. The van der Waals surface area contributed by atoms with Crippen LogP contribution in [0, 0.1) is 0 Å². The molecule has 0 aromatic carbocycles. The van der Waals surface area contributed by atoms with Gasteiger partial charge in [0.1, 0.15) is 12.2 Å². The fourth-order valence-electron chi connectivity index (χ4n) is 1.50. The first-order chi connectivity index (χ1) is 7.88. The molecule has 0 fully saturated rings. The number of nitrogens with one attached hydrogen (secondary N) is 1. The van der Waals surface area contributed by atoms with Gasteiger partial charge in [0.2, 0.25) is 0 Å². The van der Waals surface area contributed by atoms with Crippen molar-refractivity contribution in [2.45, 2.75) is 39.7 Å². The quantitative estimate of drug-likeness (QED) is 0.538. The molecule has 0 saturated heterocycles. The number of aryl methyl sites for hydroxylation is 1. The van der Waals surface area contributed by atoms with Gasteiger partial charge in [-0.05, 0) is 32.9 Å². The minimum absolute atomic E-state index is 0.877. The molecule has 0 atom stereocenters. The Morgan fingerprint density at radius 3 is 2.94 bits per heavy atom. The summed E-state index contributed by atoms with van der Waals surface area (Å²) in [5.41, 5.74) is 0. The van der Waals surface area contributed by atoms with E-state index in [1.165, 1.54) is 6.42 Å². The third-order valence-corrected chi connectivity index (χ3v) is 2.38. The van der Waals surface area contributed by atoms with Gasteiger partial charge >= 0.3 is 0 Å². The first kappa shape index (κ1) is 12.9. The average molecular weight is 222 g/mol. The third kappa shape index (κ3) is 4.57. The summed E-state index contributed by atoms with van der Waals surface area (Å²) in [7, 11) is 0. The van der Waals surface area contributed by atoms with Crippen molar-refractivity contribution >= 4 is 0 Å². The molecule has 0 unspecified atom stereocenters. The number of rotatable bonds is 8. The lowest BCUT2D eigenvalue weighted by molar-refractivity contribution is 0.626. The second kappa shape index (κ2) is 8.05. The van der Waals surface area contributed by atoms with Crippen LogP contribution in [0.15, 0.2) is 18.5 Å². The fourth-order valence-corrected chi connectivity index (χ4v) is 1.50. The molecule has 90 valence electrons. The summed E-state index contributed by atoms with van der Waals surface area (Å²) >= 11 is 0. The zero-order valence-electron chi connectivity index (χ0n) is 10.3. The highest BCUT2D eigenvalue weighted by Gasteiger charge is 1.98. The van der Waals surface area contributed by atoms with Crippen molar-refractivity contribution in [1.82, 2.24) is 20.1 Å². The first-order valence-electron chi connectivity index (χ1n) is 6.10. The maximum Gasteiger partial charge on any atom is 0.138 e. The van der Waals surface area contributed by atoms with Gasteiger partial charge in [-0.1, -0.05) is 19.1 Å². The van der Waals surface area contributed by atoms with E-state index in [-0.39, 0.29) is 0 Å². The highest BCUT2D eigenvalue weighted by atomic mass is 15.3. The highest BCUT2D eigenvalue weighted by Crippen LogP contribution is 1.96. The van der Waals surface area contributed by atoms with E-state index in [4.69, 9.17) is 0 Å². The Bertz CT molecular complexity index is 304. The molecular formula is C12H22N4. The minimum atomic E-state index is 0.877. The predicted molar refractivity (Wildman–Crippen MR) is 66.3 cm³/mol. The Balaban J connectivity index is 2.16. The normalized spacial score (nSPS) is 11.4. The Labute approximate surface area is 97.8 Å². The van der Waals surface area contributed by atoms with Crippen LogP contribution < -0.4 is 5.32 Å². The molecule has 0 spiro atoms. The molecule has 1 N–H and O–H groups in total. The predicted octanol–water partition coefficient (Wildman–Crippen LogP) is 1.79. The number of aromatic nitrogens is 3. The molecule has 4 nitrogen and oxygen atoms in total. The number of nitrogens with zero attached hydrogens (tertiary/aromatic N) is 3. The van der Waals surface area contributed by atoms with Crippen LogP contribution in [0.2, 0.25) is 0 Å². The maximum absolute atomic E-state index is 4.22. The van der Waals surface area contributed by atoms with E-state index in [1.54, 1.807) is 6.33 Å². The van der Waals surface area contributed by atoms with Gasteiger partial charge in [0.25, 0.3) is 0 Å². The smallest absolute Gasteiger partial charge is 0.138 e. The SMILES string of the molecule is CCCNCCC=CCc1ncnn1CC. The molecule has 1 rings (SSSR count). The molecule has 0 saturated carbocycles. The summed E-state index contributed by atoms with van der Waals surface area (Å²) in [5, 5.41) is 7.50. The second-order valence-corrected chi connectivity index (χ2v) is 3.71. The fraction of sp³-hybridized carbons (Fsp3) is 0.667. The van der Waals surface area contributed by atoms with Crippen molar-refractivity contribution in [1.29, 1.82) is 0 Å². The monoisotopic (exact) mass is 222 g/mol. The number of allylic oxidation sites excluding steroid dienone is 1. The molecule has 0 aliphatic rings. The molecule has 0 radical (unpaired) electrons. The van der Waals surface area contributed by atoms with Crippen LogP contribution in [0.1, 0.15) is 32.5 Å². The van der Waals surface area contributed by atoms with E-state index in [0.717, 1.165) is 38.3 Å². The summed E-state index contributed by atoms with van der Waals surface area (Å²) in [6, 6.07) is 0. The van der Waals surface area contributed by atoms with Crippen LogP contribution in [0.4, 0.5) is 0 Å². The first-order valence-corrected chi connectivity index (χ1v) is 6.10. The topological polar surface area (TPSA) is 42.7 Å². The van der Waals surface area contributed by atoms with Gasteiger partial charge in [0.05, 0.1) is 0 Å². The lowest BCUT2D eigenvalue weighted by Crippen LogP contribution is -2.15. The van der Waals surface area contributed by atoms with Crippen LogP contribution in [-0.2, 0) is 13.0 Å². The zero-order valence-corrected chi connectivity index (χ0v) is 10.3. The van der Waals surface area contributed by atoms with Crippen molar-refractivity contribution < 1.29 is 0 Å². The van der Waals surface area contributed by atoms with Crippen LogP contribution in [0.5, 0.6) is 0 Å². The molecule has 0 aliphatic heterocycles. The van der Waals surface area contributed by atoms with Gasteiger partial charge in [0, 0.05) is 13.0 Å². The van der Waals surface area contributed by atoms with Gasteiger partial charge in [-0.3, -0.25) is 4.68 Å². The lowest BCUT2D eigenvalue weighted by Gasteiger charge is -1.99. The van der Waals surface area contributed by atoms with Gasteiger partial charge in [-0.25, -0.2) is 4.98 Å². The van der Waals surface area contributed by atoms with E-state index >= 15 is 0 Å². The maximum atomic E-state index is 4.22. The zero-order chi connectivity index (χ0) is 11.6. The van der Waals surface area contributed by atoms with Crippen molar-refractivity contribution in [2.24, 2.45) is 0 Å². The van der Waals surface area contributed by atoms with Crippen LogP contribution >= 0.6 is 0 Å². The molecule has 0 aliphatic carbocycles. The summed E-state index contributed by atoms with van der Waals surface area (Å²) in [6.07, 6.45) is 9.15. The van der Waals surface area contributed by atoms with E-state index in [9.17, 15) is 0 Å². The van der Waals surface area contributed by atoms with Gasteiger partial charge in [0.15, 0.2) is 0 Å². The van der Waals surface area contributed by atoms with Crippen LogP contribution in [0.25, 0.3) is 0 Å². The Morgan fingerprint density at radius 2 is 2.19 bits per heavy atom. The largest absolute Gasteiger partial charge is 0.316 e. The van der Waals surface area contributed by atoms with Crippen molar-refractivity contribution in [3.05, 3.63) is 24.3 Å². The summed E-state index contributed by atoms with van der Waals surface area (Å²) in [5.74, 6) is 1.04. The van der Waals surface area contributed by atoms with E-state index in [1.807, 2.05) is 4.68 Å². The molecule has 16 heavy (non-hydrogen) atoms. The van der Waals surface area contributed by atoms with Crippen molar-refractivity contribution in [3.63, 3.8) is 0 Å².